The third-order valence-corrected chi connectivity index (χ3v) is 5.80. The number of rotatable bonds is 7. The first-order chi connectivity index (χ1) is 15.5. The maximum atomic E-state index is 12.8. The molecule has 1 N–H and O–H groups in total. The minimum atomic E-state index is -0.597. The highest BCUT2D eigenvalue weighted by Crippen LogP contribution is 2.32. The average Bonchev–Trinajstić information content (AvgIpc) is 3.40. The highest BCUT2D eigenvalue weighted by molar-refractivity contribution is 8.00. The van der Waals surface area contributed by atoms with E-state index in [-0.39, 0.29) is 17.3 Å². The van der Waals surface area contributed by atoms with Crippen molar-refractivity contribution in [1.29, 1.82) is 0 Å². The summed E-state index contributed by atoms with van der Waals surface area (Å²) in [4.78, 5) is 23.5. The fraction of sp³-hybridized carbons (Fsp3) is 0.136. The van der Waals surface area contributed by atoms with Gasteiger partial charge in [0.1, 0.15) is 11.4 Å². The standard InChI is InChI=1S/C22H19N5O4S/c1-14-17(12-13-31-14)20-24-25-22(26(20)16-8-4-3-5-9-16)32-15(2)21(28)23-18-10-6-7-11-19(18)27(29)30/h3-13,15H,1-2H3,(H,23,28). The Kier molecular flexibility index (Phi) is 6.04. The normalized spacial score (nSPS) is 11.8. The van der Waals surface area contributed by atoms with Gasteiger partial charge >= 0.3 is 0 Å². The second-order valence-electron chi connectivity index (χ2n) is 6.89. The van der Waals surface area contributed by atoms with Crippen LogP contribution in [0.25, 0.3) is 17.1 Å². The molecule has 9 nitrogen and oxygen atoms in total. The lowest BCUT2D eigenvalue weighted by atomic mass is 10.2. The van der Waals surface area contributed by atoms with E-state index in [1.807, 2.05) is 47.9 Å². The number of anilines is 1. The van der Waals surface area contributed by atoms with Crippen LogP contribution in [-0.2, 0) is 4.79 Å². The molecule has 2 heterocycles. The van der Waals surface area contributed by atoms with Gasteiger partial charge in [-0.2, -0.15) is 0 Å². The summed E-state index contributed by atoms with van der Waals surface area (Å²) in [5.74, 6) is 0.914. The quantitative estimate of drug-likeness (QED) is 0.243. The zero-order valence-corrected chi connectivity index (χ0v) is 18.1. The molecule has 0 bridgehead atoms. The number of hydrogen-bond donors (Lipinski definition) is 1. The van der Waals surface area contributed by atoms with Crippen LogP contribution in [-0.4, -0.2) is 30.8 Å². The Labute approximate surface area is 187 Å². The van der Waals surface area contributed by atoms with Crippen molar-refractivity contribution in [3.05, 3.63) is 82.8 Å². The molecule has 0 saturated carbocycles. The maximum Gasteiger partial charge on any atom is 0.292 e. The van der Waals surface area contributed by atoms with Gasteiger partial charge in [-0.05, 0) is 38.1 Å². The van der Waals surface area contributed by atoms with Gasteiger partial charge in [0.05, 0.1) is 22.0 Å². The minimum absolute atomic E-state index is 0.147. The zero-order chi connectivity index (χ0) is 22.7. The molecule has 1 amide bonds. The van der Waals surface area contributed by atoms with Crippen LogP contribution in [0.15, 0.2) is 76.5 Å². The van der Waals surface area contributed by atoms with Gasteiger partial charge in [-0.3, -0.25) is 19.5 Å². The Morgan fingerprint density at radius 2 is 1.84 bits per heavy atom. The number of nitro groups is 1. The highest BCUT2D eigenvalue weighted by Gasteiger charge is 2.24. The summed E-state index contributed by atoms with van der Waals surface area (Å²) in [5.41, 5.74) is 1.62. The molecule has 4 aromatic rings. The van der Waals surface area contributed by atoms with Crippen molar-refractivity contribution in [1.82, 2.24) is 14.8 Å². The third kappa shape index (κ3) is 4.26. The largest absolute Gasteiger partial charge is 0.469 e. The number of hydrogen-bond acceptors (Lipinski definition) is 7. The number of aromatic nitrogens is 3. The fourth-order valence-corrected chi connectivity index (χ4v) is 4.00. The number of furan rings is 1. The van der Waals surface area contributed by atoms with Gasteiger partial charge in [0.2, 0.25) is 5.91 Å². The molecular formula is C22H19N5O4S. The van der Waals surface area contributed by atoms with Crippen LogP contribution in [0, 0.1) is 17.0 Å². The Balaban J connectivity index is 1.63. The van der Waals surface area contributed by atoms with E-state index >= 15 is 0 Å². The van der Waals surface area contributed by atoms with Gasteiger partial charge in [0.25, 0.3) is 5.69 Å². The van der Waals surface area contributed by atoms with E-state index in [1.54, 1.807) is 25.3 Å². The SMILES string of the molecule is Cc1occc1-c1nnc(SC(C)C(=O)Nc2ccccc2[N+](=O)[O-])n1-c1ccccc1. The summed E-state index contributed by atoms with van der Waals surface area (Å²) in [6, 6.07) is 17.4. The van der Waals surface area contributed by atoms with Gasteiger partial charge in [0, 0.05) is 11.8 Å². The van der Waals surface area contributed by atoms with Crippen molar-refractivity contribution in [2.75, 3.05) is 5.32 Å². The Hall–Kier alpha value is -3.92. The van der Waals surface area contributed by atoms with Crippen molar-refractivity contribution >= 4 is 29.0 Å². The predicted octanol–water partition coefficient (Wildman–Crippen LogP) is 4.86. The number of carbonyl (C=O) groups is 1. The average molecular weight is 449 g/mol. The first-order valence-electron chi connectivity index (χ1n) is 9.72. The summed E-state index contributed by atoms with van der Waals surface area (Å²) in [5, 5.41) is 22.4. The van der Waals surface area contributed by atoms with Gasteiger partial charge in [-0.15, -0.1) is 10.2 Å². The number of nitrogens with zero attached hydrogens (tertiary/aromatic N) is 4. The number of benzene rings is 2. The molecule has 1 atom stereocenters. The first-order valence-corrected chi connectivity index (χ1v) is 10.6. The van der Waals surface area contributed by atoms with E-state index in [2.05, 4.69) is 15.5 Å². The van der Waals surface area contributed by atoms with E-state index in [0.717, 1.165) is 11.3 Å². The van der Waals surface area contributed by atoms with Gasteiger partial charge in [-0.25, -0.2) is 0 Å². The molecule has 2 aromatic heterocycles. The smallest absolute Gasteiger partial charge is 0.292 e. The molecule has 0 radical (unpaired) electrons. The van der Waals surface area contributed by atoms with E-state index in [4.69, 9.17) is 4.42 Å². The number of aryl methyl sites for hydroxylation is 1. The summed E-state index contributed by atoms with van der Waals surface area (Å²) in [6.07, 6.45) is 1.59. The summed E-state index contributed by atoms with van der Waals surface area (Å²) in [6.45, 7) is 3.55. The van der Waals surface area contributed by atoms with Gasteiger partial charge in [0.15, 0.2) is 11.0 Å². The first kappa shape index (κ1) is 21.3. The molecular weight excluding hydrogens is 430 g/mol. The lowest BCUT2D eigenvalue weighted by Crippen LogP contribution is -2.23. The van der Waals surface area contributed by atoms with Crippen LogP contribution in [0.2, 0.25) is 0 Å². The monoisotopic (exact) mass is 449 g/mol. The molecule has 32 heavy (non-hydrogen) atoms. The lowest BCUT2D eigenvalue weighted by Gasteiger charge is -2.14. The van der Waals surface area contributed by atoms with E-state index in [0.29, 0.717) is 16.7 Å². The molecule has 0 fully saturated rings. The molecule has 0 aliphatic heterocycles. The van der Waals surface area contributed by atoms with Crippen molar-refractivity contribution in [2.45, 2.75) is 24.3 Å². The maximum absolute atomic E-state index is 12.8. The molecule has 0 aliphatic carbocycles. The van der Waals surface area contributed by atoms with Crippen LogP contribution in [0.1, 0.15) is 12.7 Å². The molecule has 0 saturated heterocycles. The number of carbonyl (C=O) groups excluding carboxylic acids is 1. The number of thioether (sulfide) groups is 1. The van der Waals surface area contributed by atoms with E-state index in [1.165, 1.54) is 23.9 Å². The summed E-state index contributed by atoms with van der Waals surface area (Å²) in [7, 11) is 0. The predicted molar refractivity (Wildman–Crippen MR) is 121 cm³/mol. The van der Waals surface area contributed by atoms with E-state index < -0.39 is 10.2 Å². The molecule has 0 spiro atoms. The lowest BCUT2D eigenvalue weighted by molar-refractivity contribution is -0.383. The molecule has 10 heteroatoms. The molecule has 4 rings (SSSR count). The number of nitro benzene ring substituents is 1. The second kappa shape index (κ2) is 9.06. The summed E-state index contributed by atoms with van der Waals surface area (Å²) >= 11 is 1.21. The van der Waals surface area contributed by atoms with Gasteiger partial charge < -0.3 is 9.73 Å². The van der Waals surface area contributed by atoms with Crippen LogP contribution < -0.4 is 5.32 Å². The fourth-order valence-electron chi connectivity index (χ4n) is 3.13. The number of nitrogens with one attached hydrogen (secondary N) is 1. The van der Waals surface area contributed by atoms with Crippen LogP contribution in [0.5, 0.6) is 0 Å². The van der Waals surface area contributed by atoms with Crippen molar-refractivity contribution in [2.24, 2.45) is 0 Å². The number of para-hydroxylation sites is 3. The van der Waals surface area contributed by atoms with Crippen LogP contribution in [0.4, 0.5) is 11.4 Å². The Bertz CT molecular complexity index is 1270. The highest BCUT2D eigenvalue weighted by atomic mass is 32.2. The minimum Gasteiger partial charge on any atom is -0.469 e. The van der Waals surface area contributed by atoms with Crippen molar-refractivity contribution in [3.63, 3.8) is 0 Å². The van der Waals surface area contributed by atoms with Crippen molar-refractivity contribution in [3.8, 4) is 17.1 Å². The van der Waals surface area contributed by atoms with Crippen molar-refractivity contribution < 1.29 is 14.1 Å². The van der Waals surface area contributed by atoms with Crippen LogP contribution >= 0.6 is 11.8 Å². The topological polar surface area (TPSA) is 116 Å². The second-order valence-corrected chi connectivity index (χ2v) is 8.20. The van der Waals surface area contributed by atoms with Crippen LogP contribution in [0.3, 0.4) is 0 Å². The third-order valence-electron chi connectivity index (χ3n) is 4.76. The Morgan fingerprint density at radius 1 is 1.12 bits per heavy atom. The summed E-state index contributed by atoms with van der Waals surface area (Å²) < 4.78 is 7.29. The molecule has 2 aromatic carbocycles. The van der Waals surface area contributed by atoms with Gasteiger partial charge in [-0.1, -0.05) is 42.1 Å². The van der Waals surface area contributed by atoms with E-state index in [9.17, 15) is 14.9 Å². The zero-order valence-electron chi connectivity index (χ0n) is 17.3. The molecule has 162 valence electrons. The Morgan fingerprint density at radius 3 is 2.53 bits per heavy atom. The molecule has 1 unspecified atom stereocenters. The molecule has 0 aliphatic rings. The number of amides is 1.